The van der Waals surface area contributed by atoms with Crippen molar-refractivity contribution in [3.05, 3.63) is 65.2 Å². The molecule has 0 aromatic heterocycles. The Balaban J connectivity index is 1.71. The van der Waals surface area contributed by atoms with Gasteiger partial charge in [0.2, 0.25) is 5.91 Å². The molecule has 3 rings (SSSR count). The van der Waals surface area contributed by atoms with E-state index in [2.05, 4.69) is 18.3 Å². The van der Waals surface area contributed by atoms with E-state index in [0.29, 0.717) is 13.1 Å². The number of carbonyl (C=O) groups is 2. The normalized spacial score (nSPS) is 15.6. The lowest BCUT2D eigenvalue weighted by molar-refractivity contribution is -0.137. The van der Waals surface area contributed by atoms with E-state index in [4.69, 9.17) is 0 Å². The molecule has 0 saturated carbocycles. The molecule has 0 saturated heterocycles. The third kappa shape index (κ3) is 6.52. The number of alkyl halides is 3. The van der Waals surface area contributed by atoms with E-state index in [1.54, 1.807) is 4.90 Å². The van der Waals surface area contributed by atoms with Crippen molar-refractivity contribution in [1.82, 2.24) is 9.80 Å². The van der Waals surface area contributed by atoms with Crippen LogP contribution in [-0.2, 0) is 17.4 Å². The van der Waals surface area contributed by atoms with Gasteiger partial charge in [0.25, 0.3) is 0 Å². The maximum Gasteiger partial charge on any atom is 0.416 e. The minimum absolute atomic E-state index is 0.0473. The number of fused-ring (bicyclic) bond motifs is 1. The Morgan fingerprint density at radius 2 is 1.85 bits per heavy atom. The number of hydrogen-bond donors (Lipinski definition) is 1. The van der Waals surface area contributed by atoms with Crippen LogP contribution in [0.15, 0.2) is 48.5 Å². The van der Waals surface area contributed by atoms with Gasteiger partial charge in [-0.05, 0) is 49.1 Å². The summed E-state index contributed by atoms with van der Waals surface area (Å²) in [5, 5.41) is 2.55. The largest absolute Gasteiger partial charge is 0.416 e. The van der Waals surface area contributed by atoms with Crippen molar-refractivity contribution < 1.29 is 22.8 Å². The molecule has 1 aliphatic rings. The molecule has 1 aliphatic heterocycles. The third-order valence-corrected chi connectivity index (χ3v) is 6.25. The number of nitrogens with one attached hydrogen (secondary N) is 1. The molecule has 2 aromatic carbocycles. The molecule has 0 bridgehead atoms. The number of halogens is 3. The van der Waals surface area contributed by atoms with Crippen LogP contribution in [0.1, 0.15) is 62.3 Å². The zero-order valence-electron chi connectivity index (χ0n) is 19.7. The molecule has 8 heteroatoms. The Morgan fingerprint density at radius 1 is 1.09 bits per heavy atom. The second kappa shape index (κ2) is 11.4. The lowest BCUT2D eigenvalue weighted by atomic mass is 9.93. The molecule has 0 aliphatic carbocycles. The summed E-state index contributed by atoms with van der Waals surface area (Å²) in [5.41, 5.74) is 1.53. The van der Waals surface area contributed by atoms with Crippen molar-refractivity contribution >= 4 is 17.6 Å². The van der Waals surface area contributed by atoms with Crippen molar-refractivity contribution in [2.75, 3.05) is 25.0 Å². The smallest absolute Gasteiger partial charge is 0.334 e. The first-order chi connectivity index (χ1) is 16.2. The second-order valence-electron chi connectivity index (χ2n) is 8.70. The van der Waals surface area contributed by atoms with E-state index >= 15 is 0 Å². The molecular weight excluding hydrogens is 443 g/mol. The molecule has 1 atom stereocenters. The van der Waals surface area contributed by atoms with E-state index in [9.17, 15) is 22.8 Å². The van der Waals surface area contributed by atoms with E-state index in [-0.39, 0.29) is 24.2 Å². The van der Waals surface area contributed by atoms with Gasteiger partial charge in [0.05, 0.1) is 11.6 Å². The average molecular weight is 476 g/mol. The van der Waals surface area contributed by atoms with Crippen LogP contribution in [0, 0.1) is 0 Å². The van der Waals surface area contributed by atoms with Crippen LogP contribution in [-0.4, -0.2) is 41.4 Å². The first kappa shape index (κ1) is 25.6. The highest BCUT2D eigenvalue weighted by Crippen LogP contribution is 2.31. The summed E-state index contributed by atoms with van der Waals surface area (Å²) in [5.74, 6) is -0.170. The summed E-state index contributed by atoms with van der Waals surface area (Å²) in [6.07, 6.45) is -0.0888. The van der Waals surface area contributed by atoms with E-state index in [1.807, 2.05) is 25.1 Å². The summed E-state index contributed by atoms with van der Waals surface area (Å²) >= 11 is 0. The van der Waals surface area contributed by atoms with Gasteiger partial charge in [0, 0.05) is 18.8 Å². The lowest BCUT2D eigenvalue weighted by Crippen LogP contribution is -2.47. The number of amides is 3. The predicted molar refractivity (Wildman–Crippen MR) is 126 cm³/mol. The molecule has 184 valence electrons. The van der Waals surface area contributed by atoms with Crippen LogP contribution < -0.4 is 5.32 Å². The molecule has 0 fully saturated rings. The topological polar surface area (TPSA) is 52.7 Å². The van der Waals surface area contributed by atoms with Crippen LogP contribution in [0.4, 0.5) is 23.7 Å². The number of urea groups is 1. The van der Waals surface area contributed by atoms with Crippen LogP contribution >= 0.6 is 0 Å². The minimum atomic E-state index is -4.50. The summed E-state index contributed by atoms with van der Waals surface area (Å²) in [6, 6.07) is 11.9. The molecule has 34 heavy (non-hydrogen) atoms. The SMILES string of the molecule is CCCCCCN(CC(=O)N1CCc2ccccc2C1C)C(=O)Nc1cccc(C(F)(F)F)c1. The maximum atomic E-state index is 13.2. The van der Waals surface area contributed by atoms with Gasteiger partial charge in [0.15, 0.2) is 0 Å². The molecular formula is C26H32F3N3O2. The van der Waals surface area contributed by atoms with E-state index in [1.165, 1.54) is 22.6 Å². The van der Waals surface area contributed by atoms with Crippen LogP contribution in [0.2, 0.25) is 0 Å². The van der Waals surface area contributed by atoms with Gasteiger partial charge < -0.3 is 15.1 Å². The highest BCUT2D eigenvalue weighted by atomic mass is 19.4. The predicted octanol–water partition coefficient (Wildman–Crippen LogP) is 6.27. The first-order valence-corrected chi connectivity index (χ1v) is 11.8. The van der Waals surface area contributed by atoms with Crippen LogP contribution in [0.5, 0.6) is 0 Å². The monoisotopic (exact) mass is 475 g/mol. The lowest BCUT2D eigenvalue weighted by Gasteiger charge is -2.36. The molecule has 0 spiro atoms. The fourth-order valence-corrected chi connectivity index (χ4v) is 4.32. The van der Waals surface area contributed by atoms with Gasteiger partial charge in [-0.2, -0.15) is 13.2 Å². The van der Waals surface area contributed by atoms with Gasteiger partial charge in [-0.1, -0.05) is 56.5 Å². The quantitative estimate of drug-likeness (QED) is 0.458. The molecule has 1 unspecified atom stereocenters. The number of hydrogen-bond acceptors (Lipinski definition) is 2. The Hall–Kier alpha value is -3.03. The van der Waals surface area contributed by atoms with Crippen molar-refractivity contribution in [2.45, 2.75) is 58.2 Å². The number of rotatable bonds is 8. The standard InChI is InChI=1S/C26H32F3N3O2/c1-3-4-5-8-15-31(25(34)30-22-12-9-11-21(17-22)26(27,28)29)18-24(33)32-16-14-20-10-6-7-13-23(20)19(32)2/h6-7,9-13,17,19H,3-5,8,14-16,18H2,1-2H3,(H,30,34). The zero-order chi connectivity index (χ0) is 24.7. The fourth-order valence-electron chi connectivity index (χ4n) is 4.32. The summed E-state index contributed by atoms with van der Waals surface area (Å²) in [4.78, 5) is 29.4. The number of carbonyl (C=O) groups excluding carboxylic acids is 2. The summed E-state index contributed by atoms with van der Waals surface area (Å²) in [7, 11) is 0. The Bertz CT molecular complexity index is 993. The third-order valence-electron chi connectivity index (χ3n) is 6.25. The van der Waals surface area contributed by atoms with E-state index < -0.39 is 17.8 Å². The number of unbranched alkanes of at least 4 members (excludes halogenated alkanes) is 3. The highest BCUT2D eigenvalue weighted by Gasteiger charge is 2.31. The van der Waals surface area contributed by atoms with Gasteiger partial charge in [-0.3, -0.25) is 4.79 Å². The van der Waals surface area contributed by atoms with Crippen molar-refractivity contribution in [2.24, 2.45) is 0 Å². The molecule has 5 nitrogen and oxygen atoms in total. The first-order valence-electron chi connectivity index (χ1n) is 11.8. The van der Waals surface area contributed by atoms with Gasteiger partial charge in [0.1, 0.15) is 6.54 Å². The Labute approximate surface area is 198 Å². The average Bonchev–Trinajstić information content (AvgIpc) is 2.81. The Kier molecular flexibility index (Phi) is 8.58. The number of benzene rings is 2. The molecule has 1 heterocycles. The number of nitrogens with zero attached hydrogens (tertiary/aromatic N) is 2. The van der Waals surface area contributed by atoms with Gasteiger partial charge >= 0.3 is 12.2 Å². The molecule has 1 N–H and O–H groups in total. The minimum Gasteiger partial charge on any atom is -0.334 e. The second-order valence-corrected chi connectivity index (χ2v) is 8.70. The van der Waals surface area contributed by atoms with E-state index in [0.717, 1.165) is 49.8 Å². The van der Waals surface area contributed by atoms with Crippen LogP contribution in [0.3, 0.4) is 0 Å². The van der Waals surface area contributed by atoms with Crippen LogP contribution in [0.25, 0.3) is 0 Å². The molecule has 3 amide bonds. The van der Waals surface area contributed by atoms with Gasteiger partial charge in [-0.15, -0.1) is 0 Å². The molecule has 2 aromatic rings. The van der Waals surface area contributed by atoms with Gasteiger partial charge in [-0.25, -0.2) is 4.79 Å². The van der Waals surface area contributed by atoms with Crippen molar-refractivity contribution in [3.8, 4) is 0 Å². The fraction of sp³-hybridized carbons (Fsp3) is 0.462. The Morgan fingerprint density at radius 3 is 2.59 bits per heavy atom. The van der Waals surface area contributed by atoms with Crippen molar-refractivity contribution in [3.63, 3.8) is 0 Å². The number of anilines is 1. The summed E-state index contributed by atoms with van der Waals surface area (Å²) < 4.78 is 39.1. The zero-order valence-corrected chi connectivity index (χ0v) is 19.7. The highest BCUT2D eigenvalue weighted by molar-refractivity contribution is 5.92. The maximum absolute atomic E-state index is 13.2. The summed E-state index contributed by atoms with van der Waals surface area (Å²) in [6.45, 7) is 4.86. The van der Waals surface area contributed by atoms with Crippen molar-refractivity contribution in [1.29, 1.82) is 0 Å². The molecule has 0 radical (unpaired) electrons.